The number of aromatic nitrogens is 2. The molecule has 2 aromatic rings. The molecule has 7 nitrogen and oxygen atoms in total. The number of rotatable bonds is 5. The molecule has 2 N–H and O–H groups in total. The van der Waals surface area contributed by atoms with E-state index < -0.39 is 6.04 Å². The predicted octanol–water partition coefficient (Wildman–Crippen LogP) is 1.69. The van der Waals surface area contributed by atoms with E-state index in [0.717, 1.165) is 19.4 Å². The summed E-state index contributed by atoms with van der Waals surface area (Å²) in [4.78, 5) is 26.7. The molecule has 142 valence electrons. The topological polar surface area (TPSA) is 79.3 Å². The standard InChI is InChI=1S/C19H22FN5O2/c20-15-4-2-14(3-5-15)16-17(26)21-9-11-25(16)18(27)22-12-19(6-7-19)13-24-10-1-8-23-24/h1-5,8,10,16H,6-7,9,11-13H2,(H,21,26)(H,22,27)/t16-/m0/s1. The van der Waals surface area contributed by atoms with Gasteiger partial charge in [0, 0.05) is 44.0 Å². The number of amides is 3. The van der Waals surface area contributed by atoms with Gasteiger partial charge in [-0.3, -0.25) is 9.48 Å². The minimum Gasteiger partial charge on any atom is -0.352 e. The fourth-order valence-corrected chi connectivity index (χ4v) is 3.53. The molecule has 8 heteroatoms. The van der Waals surface area contributed by atoms with Crippen molar-refractivity contribution in [2.45, 2.75) is 25.4 Å². The lowest BCUT2D eigenvalue weighted by molar-refractivity contribution is -0.127. The minimum atomic E-state index is -0.749. The van der Waals surface area contributed by atoms with Crippen LogP contribution in [0.2, 0.25) is 0 Å². The second-order valence-corrected chi connectivity index (χ2v) is 7.30. The van der Waals surface area contributed by atoms with Crippen LogP contribution in [0.3, 0.4) is 0 Å². The van der Waals surface area contributed by atoms with Gasteiger partial charge in [-0.15, -0.1) is 0 Å². The Kier molecular flexibility index (Phi) is 4.55. The monoisotopic (exact) mass is 371 g/mol. The molecule has 1 atom stereocenters. The second kappa shape index (κ2) is 7.02. The number of nitrogens with one attached hydrogen (secondary N) is 2. The van der Waals surface area contributed by atoms with Crippen LogP contribution in [-0.4, -0.2) is 46.3 Å². The van der Waals surface area contributed by atoms with E-state index in [1.54, 1.807) is 18.3 Å². The van der Waals surface area contributed by atoms with Crippen molar-refractivity contribution in [1.82, 2.24) is 25.3 Å². The number of urea groups is 1. The molecule has 0 spiro atoms. The van der Waals surface area contributed by atoms with E-state index in [4.69, 9.17) is 0 Å². The van der Waals surface area contributed by atoms with Crippen molar-refractivity contribution in [1.29, 1.82) is 0 Å². The maximum atomic E-state index is 13.2. The quantitative estimate of drug-likeness (QED) is 0.839. The van der Waals surface area contributed by atoms with E-state index in [1.807, 2.05) is 16.9 Å². The summed E-state index contributed by atoms with van der Waals surface area (Å²) in [6.07, 6.45) is 5.74. The van der Waals surface area contributed by atoms with Crippen molar-refractivity contribution in [3.8, 4) is 0 Å². The SMILES string of the molecule is O=C1NCCN(C(=O)NCC2(Cn3cccn3)CC2)[C@H]1c1ccc(F)cc1. The van der Waals surface area contributed by atoms with Gasteiger partial charge in [0.05, 0.1) is 0 Å². The van der Waals surface area contributed by atoms with Gasteiger partial charge in [0.15, 0.2) is 0 Å². The molecule has 2 fully saturated rings. The van der Waals surface area contributed by atoms with Crippen molar-refractivity contribution in [3.63, 3.8) is 0 Å². The van der Waals surface area contributed by atoms with Crippen LogP contribution >= 0.6 is 0 Å². The molecule has 1 aliphatic heterocycles. The van der Waals surface area contributed by atoms with Gasteiger partial charge in [-0.05, 0) is 36.6 Å². The molecule has 1 aromatic carbocycles. The highest BCUT2D eigenvalue weighted by atomic mass is 19.1. The zero-order valence-corrected chi connectivity index (χ0v) is 14.9. The Morgan fingerprint density at radius 1 is 1.33 bits per heavy atom. The Balaban J connectivity index is 1.43. The van der Waals surface area contributed by atoms with Crippen LogP contribution in [0.25, 0.3) is 0 Å². The van der Waals surface area contributed by atoms with E-state index in [0.29, 0.717) is 25.2 Å². The summed E-state index contributed by atoms with van der Waals surface area (Å²) < 4.78 is 15.1. The van der Waals surface area contributed by atoms with E-state index >= 15 is 0 Å². The van der Waals surface area contributed by atoms with Gasteiger partial charge in [0.25, 0.3) is 0 Å². The van der Waals surface area contributed by atoms with Crippen LogP contribution in [0.1, 0.15) is 24.4 Å². The zero-order chi connectivity index (χ0) is 18.9. The van der Waals surface area contributed by atoms with E-state index in [9.17, 15) is 14.0 Å². The molecule has 27 heavy (non-hydrogen) atoms. The molecule has 0 radical (unpaired) electrons. The molecule has 0 bridgehead atoms. The van der Waals surface area contributed by atoms with Gasteiger partial charge >= 0.3 is 6.03 Å². The molecule has 1 saturated heterocycles. The van der Waals surface area contributed by atoms with Gasteiger partial charge in [0.2, 0.25) is 5.91 Å². The number of carbonyl (C=O) groups excluding carboxylic acids is 2. The Morgan fingerprint density at radius 2 is 2.11 bits per heavy atom. The maximum absolute atomic E-state index is 13.2. The highest BCUT2D eigenvalue weighted by molar-refractivity contribution is 5.89. The summed E-state index contributed by atoms with van der Waals surface area (Å²) in [6.45, 7) is 2.12. The summed E-state index contributed by atoms with van der Waals surface area (Å²) in [5.74, 6) is -0.624. The normalized spacial score (nSPS) is 20.9. The summed E-state index contributed by atoms with van der Waals surface area (Å²) in [5, 5.41) is 10.0. The van der Waals surface area contributed by atoms with Crippen LogP contribution in [0, 0.1) is 11.2 Å². The second-order valence-electron chi connectivity index (χ2n) is 7.30. The maximum Gasteiger partial charge on any atom is 0.318 e. The molecule has 1 saturated carbocycles. The van der Waals surface area contributed by atoms with Gasteiger partial charge in [-0.1, -0.05) is 12.1 Å². The highest BCUT2D eigenvalue weighted by Gasteiger charge is 2.44. The van der Waals surface area contributed by atoms with Crippen LogP contribution in [-0.2, 0) is 11.3 Å². The van der Waals surface area contributed by atoms with E-state index in [1.165, 1.54) is 17.0 Å². The van der Waals surface area contributed by atoms with Crippen LogP contribution in [0.5, 0.6) is 0 Å². The van der Waals surface area contributed by atoms with Crippen molar-refractivity contribution in [2.75, 3.05) is 19.6 Å². The van der Waals surface area contributed by atoms with Gasteiger partial charge in [-0.25, -0.2) is 9.18 Å². The van der Waals surface area contributed by atoms with Crippen LogP contribution in [0.4, 0.5) is 9.18 Å². The summed E-state index contributed by atoms with van der Waals surface area (Å²) in [6, 6.07) is 6.56. The van der Waals surface area contributed by atoms with E-state index in [2.05, 4.69) is 15.7 Å². The number of benzene rings is 1. The summed E-state index contributed by atoms with van der Waals surface area (Å²) >= 11 is 0. The first-order chi connectivity index (χ1) is 13.1. The number of hydrogen-bond donors (Lipinski definition) is 2. The number of hydrogen-bond acceptors (Lipinski definition) is 3. The number of carbonyl (C=O) groups is 2. The summed E-state index contributed by atoms with van der Waals surface area (Å²) in [5.41, 5.74) is 0.631. The number of halogens is 1. The minimum absolute atomic E-state index is 0.0328. The van der Waals surface area contributed by atoms with Crippen LogP contribution in [0.15, 0.2) is 42.7 Å². The lowest BCUT2D eigenvalue weighted by Gasteiger charge is -2.35. The Hall–Kier alpha value is -2.90. The first-order valence-corrected chi connectivity index (χ1v) is 9.11. The smallest absolute Gasteiger partial charge is 0.318 e. The van der Waals surface area contributed by atoms with Crippen molar-refractivity contribution in [3.05, 3.63) is 54.1 Å². The highest BCUT2D eigenvalue weighted by Crippen LogP contribution is 2.46. The molecule has 0 unspecified atom stereocenters. The summed E-state index contributed by atoms with van der Waals surface area (Å²) in [7, 11) is 0. The molecular formula is C19H22FN5O2. The van der Waals surface area contributed by atoms with Gasteiger partial charge in [0.1, 0.15) is 11.9 Å². The third-order valence-corrected chi connectivity index (χ3v) is 5.29. The Morgan fingerprint density at radius 3 is 2.78 bits per heavy atom. The third-order valence-electron chi connectivity index (χ3n) is 5.29. The molecule has 1 aromatic heterocycles. The molecule has 2 heterocycles. The van der Waals surface area contributed by atoms with E-state index in [-0.39, 0.29) is 23.2 Å². The third kappa shape index (κ3) is 3.79. The molecule has 1 aliphatic carbocycles. The molecule has 3 amide bonds. The molecule has 4 rings (SSSR count). The van der Waals surface area contributed by atoms with Crippen molar-refractivity contribution in [2.24, 2.45) is 5.41 Å². The molecule has 2 aliphatic rings. The fraction of sp³-hybridized carbons (Fsp3) is 0.421. The predicted molar refractivity (Wildman–Crippen MR) is 96.1 cm³/mol. The van der Waals surface area contributed by atoms with Crippen molar-refractivity contribution < 1.29 is 14.0 Å². The lowest BCUT2D eigenvalue weighted by atomic mass is 10.0. The average Bonchev–Trinajstić information content (AvgIpc) is 3.23. The zero-order valence-electron chi connectivity index (χ0n) is 14.9. The average molecular weight is 371 g/mol. The van der Waals surface area contributed by atoms with Crippen molar-refractivity contribution >= 4 is 11.9 Å². The first-order valence-electron chi connectivity index (χ1n) is 9.11. The number of piperazine rings is 1. The van der Waals surface area contributed by atoms with Crippen LogP contribution < -0.4 is 10.6 Å². The molecular weight excluding hydrogens is 349 g/mol. The Bertz CT molecular complexity index is 817. The lowest BCUT2D eigenvalue weighted by Crippen LogP contribution is -2.55. The largest absolute Gasteiger partial charge is 0.352 e. The van der Waals surface area contributed by atoms with Gasteiger partial charge < -0.3 is 15.5 Å². The fourth-order valence-electron chi connectivity index (χ4n) is 3.53. The first kappa shape index (κ1) is 17.5. The number of nitrogens with zero attached hydrogens (tertiary/aromatic N) is 3. The Labute approximate surface area is 156 Å². The van der Waals surface area contributed by atoms with Gasteiger partial charge in [-0.2, -0.15) is 5.10 Å².